The number of hydrogen-bond donors (Lipinski definition) is 1. The highest BCUT2D eigenvalue weighted by molar-refractivity contribution is 5.92. The highest BCUT2D eigenvalue weighted by Gasteiger charge is 2.18. The molecule has 0 spiro atoms. The summed E-state index contributed by atoms with van der Waals surface area (Å²) in [6.07, 6.45) is 5.48. The van der Waals surface area contributed by atoms with Gasteiger partial charge in [-0.15, -0.1) is 0 Å². The van der Waals surface area contributed by atoms with Gasteiger partial charge in [0.2, 0.25) is 5.91 Å². The summed E-state index contributed by atoms with van der Waals surface area (Å²) in [5, 5.41) is 2.89. The maximum absolute atomic E-state index is 12.7. The molecule has 2 aromatic rings. The summed E-state index contributed by atoms with van der Waals surface area (Å²) >= 11 is 0. The molecule has 0 aliphatic carbocycles. The van der Waals surface area contributed by atoms with Crippen LogP contribution < -0.4 is 5.32 Å². The van der Waals surface area contributed by atoms with Crippen molar-refractivity contribution in [3.63, 3.8) is 0 Å². The summed E-state index contributed by atoms with van der Waals surface area (Å²) in [5.74, 6) is 0.149. The van der Waals surface area contributed by atoms with Gasteiger partial charge in [0.1, 0.15) is 5.69 Å². The highest BCUT2D eigenvalue weighted by Crippen LogP contribution is 2.06. The second-order valence-corrected chi connectivity index (χ2v) is 6.57. The summed E-state index contributed by atoms with van der Waals surface area (Å²) in [6.45, 7) is 5.61. The van der Waals surface area contributed by atoms with Crippen molar-refractivity contribution in [2.24, 2.45) is 5.92 Å². The Balaban J connectivity index is 1.98. The van der Waals surface area contributed by atoms with Crippen LogP contribution in [0, 0.1) is 5.92 Å². The van der Waals surface area contributed by atoms with E-state index in [2.05, 4.69) is 15.3 Å². The Morgan fingerprint density at radius 1 is 1.12 bits per heavy atom. The largest absolute Gasteiger partial charge is 0.356 e. The lowest BCUT2D eigenvalue weighted by molar-refractivity contribution is -0.121. The summed E-state index contributed by atoms with van der Waals surface area (Å²) in [4.78, 5) is 34.5. The molecule has 6 nitrogen and oxygen atoms in total. The number of carbonyl (C=O) groups excluding carboxylic acids is 2. The SMILES string of the molecule is CC(C)CNC(=O)CCN(CCc1ccccc1)C(=O)c1cnccn1. The van der Waals surface area contributed by atoms with Crippen LogP contribution in [-0.4, -0.2) is 46.3 Å². The van der Waals surface area contributed by atoms with E-state index >= 15 is 0 Å². The van der Waals surface area contributed by atoms with Gasteiger partial charge in [-0.3, -0.25) is 14.6 Å². The minimum Gasteiger partial charge on any atom is -0.356 e. The van der Waals surface area contributed by atoms with Gasteiger partial charge in [0, 0.05) is 38.4 Å². The smallest absolute Gasteiger partial charge is 0.274 e. The molecule has 0 radical (unpaired) electrons. The first-order chi connectivity index (χ1) is 12.6. The molecule has 2 amide bonds. The van der Waals surface area contributed by atoms with E-state index < -0.39 is 0 Å². The second-order valence-electron chi connectivity index (χ2n) is 6.57. The molecule has 138 valence electrons. The summed E-state index contributed by atoms with van der Waals surface area (Å²) in [5.41, 5.74) is 1.44. The molecule has 1 aromatic heterocycles. The lowest BCUT2D eigenvalue weighted by Gasteiger charge is -2.22. The van der Waals surface area contributed by atoms with Crippen molar-refractivity contribution in [1.82, 2.24) is 20.2 Å². The van der Waals surface area contributed by atoms with Crippen molar-refractivity contribution in [2.45, 2.75) is 26.7 Å². The van der Waals surface area contributed by atoms with E-state index in [4.69, 9.17) is 0 Å². The zero-order valence-corrected chi connectivity index (χ0v) is 15.4. The van der Waals surface area contributed by atoms with Crippen LogP contribution >= 0.6 is 0 Å². The first-order valence-corrected chi connectivity index (χ1v) is 8.92. The molecule has 0 aliphatic rings. The minimum atomic E-state index is -0.203. The molecule has 0 unspecified atom stereocenters. The molecule has 0 saturated heterocycles. The van der Waals surface area contributed by atoms with Gasteiger partial charge in [0.05, 0.1) is 6.20 Å². The fraction of sp³-hybridized carbons (Fsp3) is 0.400. The van der Waals surface area contributed by atoms with Crippen molar-refractivity contribution < 1.29 is 9.59 Å². The van der Waals surface area contributed by atoms with Gasteiger partial charge >= 0.3 is 0 Å². The van der Waals surface area contributed by atoms with Gasteiger partial charge in [-0.1, -0.05) is 44.2 Å². The van der Waals surface area contributed by atoms with Crippen molar-refractivity contribution in [3.05, 3.63) is 60.2 Å². The van der Waals surface area contributed by atoms with Gasteiger partial charge in [-0.2, -0.15) is 0 Å². The molecule has 0 atom stereocenters. The lowest BCUT2D eigenvalue weighted by Crippen LogP contribution is -2.37. The third-order valence-corrected chi connectivity index (χ3v) is 3.90. The van der Waals surface area contributed by atoms with Crippen LogP contribution in [0.5, 0.6) is 0 Å². The van der Waals surface area contributed by atoms with E-state index in [0.29, 0.717) is 31.2 Å². The van der Waals surface area contributed by atoms with Crippen LogP contribution in [0.25, 0.3) is 0 Å². The Hall–Kier alpha value is -2.76. The molecule has 1 heterocycles. The standard InChI is InChI=1S/C20H26N4O2/c1-16(2)14-23-19(25)9-13-24(12-8-17-6-4-3-5-7-17)20(26)18-15-21-10-11-22-18/h3-7,10-11,15-16H,8-9,12-14H2,1-2H3,(H,23,25). The second kappa shape index (κ2) is 10.3. The van der Waals surface area contributed by atoms with E-state index in [-0.39, 0.29) is 18.2 Å². The van der Waals surface area contributed by atoms with E-state index in [1.165, 1.54) is 18.6 Å². The molecule has 0 bridgehead atoms. The number of hydrogen-bond acceptors (Lipinski definition) is 4. The third-order valence-electron chi connectivity index (χ3n) is 3.90. The van der Waals surface area contributed by atoms with Crippen LogP contribution in [0.4, 0.5) is 0 Å². The number of benzene rings is 1. The fourth-order valence-corrected chi connectivity index (χ4v) is 2.44. The molecule has 0 saturated carbocycles. The third kappa shape index (κ3) is 6.63. The number of carbonyl (C=O) groups is 2. The normalized spacial score (nSPS) is 10.6. The quantitative estimate of drug-likeness (QED) is 0.750. The van der Waals surface area contributed by atoms with E-state index in [1.807, 2.05) is 44.2 Å². The van der Waals surface area contributed by atoms with Gasteiger partial charge < -0.3 is 10.2 Å². The number of nitrogens with zero attached hydrogens (tertiary/aromatic N) is 3. The Kier molecular flexibility index (Phi) is 7.74. The molecule has 1 N–H and O–H groups in total. The maximum Gasteiger partial charge on any atom is 0.274 e. The zero-order valence-electron chi connectivity index (χ0n) is 15.4. The van der Waals surface area contributed by atoms with Gasteiger partial charge in [-0.05, 0) is 17.9 Å². The molecule has 1 aromatic carbocycles. The van der Waals surface area contributed by atoms with Crippen LogP contribution in [0.2, 0.25) is 0 Å². The number of amides is 2. The first kappa shape index (κ1) is 19.6. The molecule has 26 heavy (non-hydrogen) atoms. The molecule has 2 rings (SSSR count). The van der Waals surface area contributed by atoms with Crippen LogP contribution in [0.1, 0.15) is 36.3 Å². The van der Waals surface area contributed by atoms with Crippen LogP contribution in [0.3, 0.4) is 0 Å². The van der Waals surface area contributed by atoms with Gasteiger partial charge in [-0.25, -0.2) is 4.98 Å². The predicted molar refractivity (Wildman–Crippen MR) is 101 cm³/mol. The van der Waals surface area contributed by atoms with Crippen LogP contribution in [0.15, 0.2) is 48.9 Å². The van der Waals surface area contributed by atoms with Crippen molar-refractivity contribution in [3.8, 4) is 0 Å². The molecule has 6 heteroatoms. The van der Waals surface area contributed by atoms with Crippen LogP contribution in [-0.2, 0) is 11.2 Å². The average Bonchev–Trinajstić information content (AvgIpc) is 2.67. The van der Waals surface area contributed by atoms with Gasteiger partial charge in [0.25, 0.3) is 5.91 Å². The number of nitrogens with one attached hydrogen (secondary N) is 1. The Morgan fingerprint density at radius 3 is 2.54 bits per heavy atom. The summed E-state index contributed by atoms with van der Waals surface area (Å²) in [6, 6.07) is 9.97. The Labute approximate surface area is 154 Å². The monoisotopic (exact) mass is 354 g/mol. The zero-order chi connectivity index (χ0) is 18.8. The molecular weight excluding hydrogens is 328 g/mol. The number of aromatic nitrogens is 2. The van der Waals surface area contributed by atoms with E-state index in [9.17, 15) is 9.59 Å². The maximum atomic E-state index is 12.7. The van der Waals surface area contributed by atoms with Crippen molar-refractivity contribution in [2.75, 3.05) is 19.6 Å². The van der Waals surface area contributed by atoms with Gasteiger partial charge in [0.15, 0.2) is 0 Å². The van der Waals surface area contributed by atoms with E-state index in [0.717, 1.165) is 12.0 Å². The Bertz CT molecular complexity index is 689. The first-order valence-electron chi connectivity index (χ1n) is 8.92. The summed E-state index contributed by atoms with van der Waals surface area (Å²) < 4.78 is 0. The summed E-state index contributed by atoms with van der Waals surface area (Å²) in [7, 11) is 0. The topological polar surface area (TPSA) is 75.2 Å². The average molecular weight is 354 g/mol. The van der Waals surface area contributed by atoms with E-state index in [1.54, 1.807) is 4.90 Å². The predicted octanol–water partition coefficient (Wildman–Crippen LogP) is 2.32. The van der Waals surface area contributed by atoms with Crippen molar-refractivity contribution >= 4 is 11.8 Å². The molecule has 0 fully saturated rings. The minimum absolute atomic E-state index is 0.0460. The molecule has 0 aliphatic heterocycles. The Morgan fingerprint density at radius 2 is 1.88 bits per heavy atom. The van der Waals surface area contributed by atoms with Crippen molar-refractivity contribution in [1.29, 1.82) is 0 Å². The lowest BCUT2D eigenvalue weighted by atomic mass is 10.1. The number of rotatable bonds is 9. The fourth-order valence-electron chi connectivity index (χ4n) is 2.44. The molecular formula is C20H26N4O2. The highest BCUT2D eigenvalue weighted by atomic mass is 16.2.